The average molecular weight is 274 g/mol. The number of nitrogens with one attached hydrogen (secondary N) is 1. The number of para-hydroxylation sites is 1. The maximum Gasteiger partial charge on any atom is 0.256 e. The minimum atomic E-state index is 0.181. The molecule has 1 unspecified atom stereocenters. The Bertz CT molecular complexity index is 456. The summed E-state index contributed by atoms with van der Waals surface area (Å²) in [7, 11) is 0. The van der Waals surface area contributed by atoms with Crippen molar-refractivity contribution in [3.63, 3.8) is 0 Å². The average Bonchev–Trinajstić information content (AvgIpc) is 2.94. The van der Waals surface area contributed by atoms with Crippen molar-refractivity contribution in [1.29, 1.82) is 0 Å². The van der Waals surface area contributed by atoms with Gasteiger partial charge in [0, 0.05) is 24.8 Å². The molecule has 0 bridgehead atoms. The molecule has 3 heteroatoms. The second-order valence-electron chi connectivity index (χ2n) is 5.92. The highest BCUT2D eigenvalue weighted by atomic mass is 16.2. The standard InChI is InChI=1S/C17H26N2O/c1-4-11-18-15-9-6-5-8-14(15)17(20)19-12-7-10-16(19)13(2)3/h5-6,8-9,13,16,18H,4,7,10-12H2,1-3H3. The predicted molar refractivity (Wildman–Crippen MR) is 84.1 cm³/mol. The summed E-state index contributed by atoms with van der Waals surface area (Å²) in [6.45, 7) is 8.34. The highest BCUT2D eigenvalue weighted by Gasteiger charge is 2.32. The van der Waals surface area contributed by atoms with Crippen molar-refractivity contribution >= 4 is 11.6 Å². The number of nitrogens with zero attached hydrogens (tertiary/aromatic N) is 1. The number of rotatable bonds is 5. The summed E-state index contributed by atoms with van der Waals surface area (Å²) in [5.74, 6) is 0.706. The summed E-state index contributed by atoms with van der Waals surface area (Å²) in [4.78, 5) is 14.9. The summed E-state index contributed by atoms with van der Waals surface area (Å²) in [5, 5.41) is 3.36. The van der Waals surface area contributed by atoms with E-state index >= 15 is 0 Å². The first-order valence-electron chi connectivity index (χ1n) is 7.79. The van der Waals surface area contributed by atoms with Gasteiger partial charge in [0.05, 0.1) is 5.56 Å². The molecule has 3 nitrogen and oxygen atoms in total. The van der Waals surface area contributed by atoms with E-state index in [2.05, 4.69) is 31.0 Å². The van der Waals surface area contributed by atoms with Gasteiger partial charge in [0.15, 0.2) is 0 Å². The van der Waals surface area contributed by atoms with E-state index in [1.165, 1.54) is 0 Å². The maximum absolute atomic E-state index is 12.8. The molecule has 1 heterocycles. The monoisotopic (exact) mass is 274 g/mol. The van der Waals surface area contributed by atoms with Crippen molar-refractivity contribution in [2.75, 3.05) is 18.4 Å². The molecule has 0 saturated carbocycles. The van der Waals surface area contributed by atoms with E-state index in [4.69, 9.17) is 0 Å². The third-order valence-corrected chi connectivity index (χ3v) is 4.05. The van der Waals surface area contributed by atoms with Crippen LogP contribution in [0.3, 0.4) is 0 Å². The minimum absolute atomic E-state index is 0.181. The fourth-order valence-corrected chi connectivity index (χ4v) is 2.98. The quantitative estimate of drug-likeness (QED) is 0.886. The number of likely N-dealkylation sites (tertiary alicyclic amines) is 1. The molecule has 0 aromatic heterocycles. The van der Waals surface area contributed by atoms with Gasteiger partial charge in [-0.1, -0.05) is 32.9 Å². The molecule has 1 atom stereocenters. The van der Waals surface area contributed by atoms with E-state index in [9.17, 15) is 4.79 Å². The first-order chi connectivity index (χ1) is 9.65. The van der Waals surface area contributed by atoms with Crippen molar-refractivity contribution in [2.24, 2.45) is 5.92 Å². The number of hydrogen-bond donors (Lipinski definition) is 1. The van der Waals surface area contributed by atoms with Gasteiger partial charge >= 0.3 is 0 Å². The summed E-state index contributed by atoms with van der Waals surface area (Å²) >= 11 is 0. The molecule has 110 valence electrons. The van der Waals surface area contributed by atoms with Crippen LogP contribution in [-0.2, 0) is 0 Å². The van der Waals surface area contributed by atoms with Gasteiger partial charge in [-0.2, -0.15) is 0 Å². The highest BCUT2D eigenvalue weighted by molar-refractivity contribution is 5.99. The van der Waals surface area contributed by atoms with Gasteiger partial charge in [-0.3, -0.25) is 4.79 Å². The summed E-state index contributed by atoms with van der Waals surface area (Å²) in [5.41, 5.74) is 1.78. The second kappa shape index (κ2) is 6.78. The third kappa shape index (κ3) is 3.14. The summed E-state index contributed by atoms with van der Waals surface area (Å²) in [6.07, 6.45) is 3.31. The summed E-state index contributed by atoms with van der Waals surface area (Å²) in [6, 6.07) is 8.27. The lowest BCUT2D eigenvalue weighted by Crippen LogP contribution is -2.38. The first kappa shape index (κ1) is 14.9. The van der Waals surface area contributed by atoms with Crippen molar-refractivity contribution in [2.45, 2.75) is 46.1 Å². The first-order valence-corrected chi connectivity index (χ1v) is 7.79. The summed E-state index contributed by atoms with van der Waals surface area (Å²) < 4.78 is 0. The maximum atomic E-state index is 12.8. The molecule has 1 fully saturated rings. The normalized spacial score (nSPS) is 18.6. The van der Waals surface area contributed by atoms with E-state index in [1.807, 2.05) is 24.3 Å². The minimum Gasteiger partial charge on any atom is -0.384 e. The lowest BCUT2D eigenvalue weighted by Gasteiger charge is -2.28. The van der Waals surface area contributed by atoms with E-state index in [0.717, 1.165) is 43.6 Å². The van der Waals surface area contributed by atoms with Gasteiger partial charge in [0.25, 0.3) is 5.91 Å². The van der Waals surface area contributed by atoms with Gasteiger partial charge in [-0.15, -0.1) is 0 Å². The fraction of sp³-hybridized carbons (Fsp3) is 0.588. The van der Waals surface area contributed by atoms with Crippen LogP contribution in [0.4, 0.5) is 5.69 Å². The topological polar surface area (TPSA) is 32.3 Å². The molecule has 2 rings (SSSR count). The zero-order valence-corrected chi connectivity index (χ0v) is 12.9. The van der Waals surface area contributed by atoms with Crippen molar-refractivity contribution in [3.8, 4) is 0 Å². The highest BCUT2D eigenvalue weighted by Crippen LogP contribution is 2.27. The predicted octanol–water partition coefficient (Wildman–Crippen LogP) is 3.77. The van der Waals surface area contributed by atoms with Crippen LogP contribution in [0, 0.1) is 5.92 Å². The van der Waals surface area contributed by atoms with Gasteiger partial charge < -0.3 is 10.2 Å². The molecule has 20 heavy (non-hydrogen) atoms. The van der Waals surface area contributed by atoms with Crippen LogP contribution in [-0.4, -0.2) is 29.9 Å². The number of anilines is 1. The van der Waals surface area contributed by atoms with Crippen molar-refractivity contribution in [1.82, 2.24) is 4.90 Å². The Morgan fingerprint density at radius 2 is 2.15 bits per heavy atom. The van der Waals surface area contributed by atoms with Crippen LogP contribution in [0.25, 0.3) is 0 Å². The molecule has 1 saturated heterocycles. The number of amides is 1. The number of carbonyl (C=O) groups excluding carboxylic acids is 1. The molecule has 1 aliphatic rings. The fourth-order valence-electron chi connectivity index (χ4n) is 2.98. The van der Waals surface area contributed by atoms with E-state index in [-0.39, 0.29) is 5.91 Å². The SMILES string of the molecule is CCCNc1ccccc1C(=O)N1CCCC1C(C)C. The molecular weight excluding hydrogens is 248 g/mol. The van der Waals surface area contributed by atoms with Gasteiger partial charge in [0.2, 0.25) is 0 Å². The Kier molecular flexibility index (Phi) is 5.05. The van der Waals surface area contributed by atoms with E-state index in [1.54, 1.807) is 0 Å². The Hall–Kier alpha value is -1.51. The zero-order chi connectivity index (χ0) is 14.5. The molecule has 0 aliphatic carbocycles. The van der Waals surface area contributed by atoms with Gasteiger partial charge in [-0.05, 0) is 37.3 Å². The van der Waals surface area contributed by atoms with Crippen LogP contribution in [0.5, 0.6) is 0 Å². The van der Waals surface area contributed by atoms with E-state index in [0.29, 0.717) is 12.0 Å². The molecular formula is C17H26N2O. The molecule has 1 aliphatic heterocycles. The Morgan fingerprint density at radius 1 is 1.40 bits per heavy atom. The smallest absolute Gasteiger partial charge is 0.256 e. The molecule has 0 spiro atoms. The van der Waals surface area contributed by atoms with Crippen LogP contribution in [0.15, 0.2) is 24.3 Å². The van der Waals surface area contributed by atoms with Crippen LogP contribution < -0.4 is 5.32 Å². The lowest BCUT2D eigenvalue weighted by atomic mass is 10.0. The largest absolute Gasteiger partial charge is 0.384 e. The molecule has 1 aromatic rings. The van der Waals surface area contributed by atoms with Crippen LogP contribution >= 0.6 is 0 Å². The number of benzene rings is 1. The van der Waals surface area contributed by atoms with Gasteiger partial charge in [-0.25, -0.2) is 0 Å². The lowest BCUT2D eigenvalue weighted by molar-refractivity contribution is 0.0702. The number of carbonyl (C=O) groups is 1. The molecule has 1 aromatic carbocycles. The second-order valence-corrected chi connectivity index (χ2v) is 5.92. The molecule has 1 amide bonds. The Morgan fingerprint density at radius 3 is 2.85 bits per heavy atom. The molecule has 1 N–H and O–H groups in total. The Labute approximate surface area is 122 Å². The van der Waals surface area contributed by atoms with Crippen LogP contribution in [0.2, 0.25) is 0 Å². The zero-order valence-electron chi connectivity index (χ0n) is 12.9. The third-order valence-electron chi connectivity index (χ3n) is 4.05. The van der Waals surface area contributed by atoms with Crippen molar-refractivity contribution < 1.29 is 4.79 Å². The Balaban J connectivity index is 2.20. The van der Waals surface area contributed by atoms with E-state index < -0.39 is 0 Å². The van der Waals surface area contributed by atoms with Crippen LogP contribution in [0.1, 0.15) is 50.4 Å². The van der Waals surface area contributed by atoms with Gasteiger partial charge in [0.1, 0.15) is 0 Å². The van der Waals surface area contributed by atoms with Crippen molar-refractivity contribution in [3.05, 3.63) is 29.8 Å². The number of hydrogen-bond acceptors (Lipinski definition) is 2. The molecule has 0 radical (unpaired) electrons.